The van der Waals surface area contributed by atoms with Gasteiger partial charge in [-0.25, -0.2) is 4.39 Å². The first-order chi connectivity index (χ1) is 15.5. The van der Waals surface area contributed by atoms with Crippen LogP contribution in [0.25, 0.3) is 12.2 Å². The zero-order valence-corrected chi connectivity index (χ0v) is 18.1. The molecule has 0 aliphatic rings. The summed E-state index contributed by atoms with van der Waals surface area (Å²) < 4.78 is 29.4. The summed E-state index contributed by atoms with van der Waals surface area (Å²) in [6, 6.07) is 17.0. The minimum atomic E-state index is -0.441. The first-order valence-corrected chi connectivity index (χ1v) is 9.85. The average Bonchev–Trinajstić information content (AvgIpc) is 2.82. The minimum absolute atomic E-state index is 0.282. The van der Waals surface area contributed by atoms with E-state index in [-0.39, 0.29) is 5.78 Å². The van der Waals surface area contributed by atoms with Gasteiger partial charge in [0.1, 0.15) is 5.82 Å². The Hall–Kier alpha value is -4.06. The average molecular weight is 433 g/mol. The van der Waals surface area contributed by atoms with Crippen molar-refractivity contribution in [3.8, 4) is 17.2 Å². The van der Waals surface area contributed by atoms with Gasteiger partial charge in [-0.1, -0.05) is 36.4 Å². The van der Waals surface area contributed by atoms with Crippen molar-refractivity contribution >= 4 is 23.6 Å². The Bertz CT molecular complexity index is 1130. The summed E-state index contributed by atoms with van der Waals surface area (Å²) in [6.45, 7) is 0. The summed E-state index contributed by atoms with van der Waals surface area (Å²) in [5, 5.41) is 3.06. The maximum absolute atomic E-state index is 13.3. The van der Waals surface area contributed by atoms with Gasteiger partial charge in [0.2, 0.25) is 5.75 Å². The highest BCUT2D eigenvalue weighted by molar-refractivity contribution is 6.04. The Morgan fingerprint density at radius 2 is 1.53 bits per heavy atom. The highest BCUT2D eigenvalue weighted by Gasteiger charge is 2.12. The molecule has 6 heteroatoms. The molecule has 164 valence electrons. The van der Waals surface area contributed by atoms with E-state index < -0.39 is 5.82 Å². The molecule has 1 N–H and O–H groups in total. The number of carbonyl (C=O) groups excluding carboxylic acids is 1. The molecule has 32 heavy (non-hydrogen) atoms. The van der Waals surface area contributed by atoms with Crippen molar-refractivity contribution in [2.45, 2.75) is 0 Å². The lowest BCUT2D eigenvalue weighted by molar-refractivity contribution is 0.104. The second-order valence-corrected chi connectivity index (χ2v) is 6.77. The second kappa shape index (κ2) is 10.8. The predicted octanol–water partition coefficient (Wildman–Crippen LogP) is 5.83. The third-order valence-electron chi connectivity index (χ3n) is 4.64. The largest absolute Gasteiger partial charge is 0.493 e. The number of ketones is 1. The van der Waals surface area contributed by atoms with Crippen molar-refractivity contribution in [1.29, 1.82) is 0 Å². The van der Waals surface area contributed by atoms with Gasteiger partial charge in [-0.2, -0.15) is 0 Å². The number of allylic oxidation sites excluding steroid dienone is 1. The number of halogens is 1. The number of benzene rings is 3. The predicted molar refractivity (Wildman–Crippen MR) is 125 cm³/mol. The van der Waals surface area contributed by atoms with Crippen LogP contribution in [-0.4, -0.2) is 27.1 Å². The van der Waals surface area contributed by atoms with Gasteiger partial charge in [0.25, 0.3) is 0 Å². The summed E-state index contributed by atoms with van der Waals surface area (Å²) in [5.41, 5.74) is 2.94. The number of ether oxygens (including phenoxy) is 3. The SMILES string of the molecule is COc1cc(/C=C\c2cccc(N/C=C\C(=O)c3cccc(F)c3)c2)cc(OC)c1OC. The molecule has 5 nitrogen and oxygen atoms in total. The van der Waals surface area contributed by atoms with Gasteiger partial charge in [-0.3, -0.25) is 4.79 Å². The van der Waals surface area contributed by atoms with Gasteiger partial charge in [0.15, 0.2) is 17.3 Å². The van der Waals surface area contributed by atoms with E-state index in [0.29, 0.717) is 22.8 Å². The van der Waals surface area contributed by atoms with E-state index in [4.69, 9.17) is 14.2 Å². The maximum Gasteiger partial charge on any atom is 0.203 e. The fourth-order valence-corrected chi connectivity index (χ4v) is 3.07. The van der Waals surface area contributed by atoms with E-state index in [1.165, 1.54) is 30.5 Å². The van der Waals surface area contributed by atoms with Crippen LogP contribution in [0.4, 0.5) is 10.1 Å². The highest BCUT2D eigenvalue weighted by atomic mass is 19.1. The van der Waals surface area contributed by atoms with E-state index in [1.807, 2.05) is 48.6 Å². The molecular weight excluding hydrogens is 409 g/mol. The molecule has 0 saturated carbocycles. The highest BCUT2D eigenvalue weighted by Crippen LogP contribution is 2.38. The monoisotopic (exact) mass is 433 g/mol. The number of hydrogen-bond donors (Lipinski definition) is 1. The molecular formula is C26H24FNO4. The van der Waals surface area contributed by atoms with Crippen LogP contribution in [0.3, 0.4) is 0 Å². The molecule has 0 unspecified atom stereocenters. The molecule has 0 saturated heterocycles. The quantitative estimate of drug-likeness (QED) is 0.261. The molecule has 3 aromatic carbocycles. The normalized spacial score (nSPS) is 11.0. The summed E-state index contributed by atoms with van der Waals surface area (Å²) >= 11 is 0. The number of nitrogens with one attached hydrogen (secondary N) is 1. The van der Waals surface area contributed by atoms with Crippen LogP contribution in [0, 0.1) is 5.82 Å². The summed E-state index contributed by atoms with van der Waals surface area (Å²) in [5.74, 6) is 0.974. The molecule has 0 radical (unpaired) electrons. The molecule has 0 atom stereocenters. The van der Waals surface area contributed by atoms with Crippen molar-refractivity contribution in [3.63, 3.8) is 0 Å². The third kappa shape index (κ3) is 5.76. The fraction of sp³-hybridized carbons (Fsp3) is 0.115. The summed E-state index contributed by atoms with van der Waals surface area (Å²) in [4.78, 5) is 12.1. The van der Waals surface area contributed by atoms with E-state index in [9.17, 15) is 9.18 Å². The van der Waals surface area contributed by atoms with E-state index >= 15 is 0 Å². The molecule has 0 bridgehead atoms. The van der Waals surface area contributed by atoms with Crippen molar-refractivity contribution < 1.29 is 23.4 Å². The number of rotatable bonds is 9. The number of methoxy groups -OCH3 is 3. The molecule has 3 rings (SSSR count). The van der Waals surface area contributed by atoms with Gasteiger partial charge < -0.3 is 19.5 Å². The van der Waals surface area contributed by atoms with Crippen molar-refractivity contribution in [2.75, 3.05) is 26.6 Å². The number of hydrogen-bond acceptors (Lipinski definition) is 5. The Labute approximate surface area is 186 Å². The van der Waals surface area contributed by atoms with Crippen LogP contribution < -0.4 is 19.5 Å². The van der Waals surface area contributed by atoms with Crippen molar-refractivity contribution in [1.82, 2.24) is 0 Å². The molecule has 0 aromatic heterocycles. The maximum atomic E-state index is 13.3. The molecule has 0 heterocycles. The molecule has 0 aliphatic carbocycles. The fourth-order valence-electron chi connectivity index (χ4n) is 3.07. The first kappa shape index (κ1) is 22.6. The minimum Gasteiger partial charge on any atom is -0.493 e. The molecule has 0 fully saturated rings. The smallest absolute Gasteiger partial charge is 0.203 e. The lowest BCUT2D eigenvalue weighted by atomic mass is 10.1. The van der Waals surface area contributed by atoms with E-state index in [0.717, 1.165) is 16.8 Å². The van der Waals surface area contributed by atoms with Crippen LogP contribution >= 0.6 is 0 Å². The first-order valence-electron chi connectivity index (χ1n) is 9.85. The zero-order valence-electron chi connectivity index (χ0n) is 18.1. The number of anilines is 1. The Morgan fingerprint density at radius 1 is 0.844 bits per heavy atom. The zero-order chi connectivity index (χ0) is 22.9. The standard InChI is InChI=1S/C26H24FNO4/c1-30-24-15-19(16-25(31-2)26(24)32-3)11-10-18-6-4-9-22(14-18)28-13-12-23(29)20-7-5-8-21(27)17-20/h4-17,28H,1-3H3/b11-10-,13-12-. The van der Waals surface area contributed by atoms with Gasteiger partial charge in [0, 0.05) is 23.5 Å². The Balaban J connectivity index is 1.71. The molecule has 0 spiro atoms. The van der Waals surface area contributed by atoms with Crippen LogP contribution in [0.1, 0.15) is 21.5 Å². The molecule has 3 aromatic rings. The lowest BCUT2D eigenvalue weighted by Crippen LogP contribution is -1.97. The Morgan fingerprint density at radius 3 is 2.19 bits per heavy atom. The third-order valence-corrected chi connectivity index (χ3v) is 4.64. The Kier molecular flexibility index (Phi) is 7.65. The van der Waals surface area contributed by atoms with E-state index in [1.54, 1.807) is 27.4 Å². The second-order valence-electron chi connectivity index (χ2n) is 6.77. The number of carbonyl (C=O) groups is 1. The van der Waals surface area contributed by atoms with Gasteiger partial charge in [0.05, 0.1) is 21.3 Å². The van der Waals surface area contributed by atoms with Crippen molar-refractivity contribution in [3.05, 3.63) is 95.4 Å². The van der Waals surface area contributed by atoms with Gasteiger partial charge >= 0.3 is 0 Å². The summed E-state index contributed by atoms with van der Waals surface area (Å²) in [6.07, 6.45) is 6.79. The lowest BCUT2D eigenvalue weighted by Gasteiger charge is -2.12. The topological polar surface area (TPSA) is 56.8 Å². The van der Waals surface area contributed by atoms with Crippen molar-refractivity contribution in [2.24, 2.45) is 0 Å². The van der Waals surface area contributed by atoms with Gasteiger partial charge in [-0.05, 0) is 47.5 Å². The summed E-state index contributed by atoms with van der Waals surface area (Å²) in [7, 11) is 4.72. The van der Waals surface area contributed by atoms with Gasteiger partial charge in [-0.15, -0.1) is 0 Å². The van der Waals surface area contributed by atoms with Crippen LogP contribution in [0.15, 0.2) is 72.9 Å². The molecule has 0 aliphatic heterocycles. The molecule has 0 amide bonds. The van der Waals surface area contributed by atoms with Crippen LogP contribution in [0.5, 0.6) is 17.2 Å². The van der Waals surface area contributed by atoms with Crippen LogP contribution in [-0.2, 0) is 0 Å². The van der Waals surface area contributed by atoms with Crippen LogP contribution in [0.2, 0.25) is 0 Å². The van der Waals surface area contributed by atoms with E-state index in [2.05, 4.69) is 5.32 Å².